The van der Waals surface area contributed by atoms with Gasteiger partial charge in [0.05, 0.1) is 49.9 Å². The Morgan fingerprint density at radius 1 is 1.03 bits per heavy atom. The summed E-state index contributed by atoms with van der Waals surface area (Å²) in [4.78, 5) is 14.7. The summed E-state index contributed by atoms with van der Waals surface area (Å²) < 4.78 is 42.1. The van der Waals surface area contributed by atoms with Gasteiger partial charge in [-0.15, -0.1) is 0 Å². The van der Waals surface area contributed by atoms with Crippen LogP contribution in [0.25, 0.3) is 0 Å². The lowest BCUT2D eigenvalue weighted by atomic mass is 10.2. The van der Waals surface area contributed by atoms with Crippen LogP contribution in [0.15, 0.2) is 68.7 Å². The number of carbonyl (C=O) groups is 1. The first kappa shape index (κ1) is 22.6. The van der Waals surface area contributed by atoms with E-state index >= 15 is 0 Å². The van der Waals surface area contributed by atoms with Gasteiger partial charge in [0.15, 0.2) is 0 Å². The lowest BCUT2D eigenvalue weighted by Gasteiger charge is -2.20. The van der Waals surface area contributed by atoms with Gasteiger partial charge in [0, 0.05) is 14.1 Å². The van der Waals surface area contributed by atoms with Crippen molar-refractivity contribution >= 4 is 21.6 Å². The first-order valence-corrected chi connectivity index (χ1v) is 10.9. The topological polar surface area (TPSA) is 105 Å². The highest BCUT2D eigenvalue weighted by Crippen LogP contribution is 2.28. The zero-order valence-electron chi connectivity index (χ0n) is 17.6. The fourth-order valence-electron chi connectivity index (χ4n) is 2.96. The van der Waals surface area contributed by atoms with Crippen molar-refractivity contribution < 1.29 is 26.8 Å². The molecule has 0 saturated heterocycles. The van der Waals surface area contributed by atoms with Gasteiger partial charge in [0.1, 0.15) is 17.3 Å². The van der Waals surface area contributed by atoms with Crippen LogP contribution in [-0.2, 0) is 27.9 Å². The number of sulfonamides is 1. The van der Waals surface area contributed by atoms with E-state index in [-0.39, 0.29) is 23.0 Å². The van der Waals surface area contributed by atoms with Crippen molar-refractivity contribution in [3.8, 4) is 5.75 Å². The molecule has 0 unspecified atom stereocenters. The van der Waals surface area contributed by atoms with E-state index in [9.17, 15) is 13.2 Å². The van der Waals surface area contributed by atoms with Crippen LogP contribution in [0.4, 0.5) is 5.69 Å². The van der Waals surface area contributed by atoms with E-state index in [0.29, 0.717) is 30.4 Å². The molecule has 0 atom stereocenters. The predicted octanol–water partition coefficient (Wildman–Crippen LogP) is 2.77. The minimum atomic E-state index is -3.66. The molecule has 3 aromatic rings. The molecule has 2 aromatic heterocycles. The van der Waals surface area contributed by atoms with Crippen molar-refractivity contribution in [3.63, 3.8) is 0 Å². The minimum Gasteiger partial charge on any atom is -0.495 e. The number of ether oxygens (including phenoxy) is 1. The average Bonchev–Trinajstić information content (AvgIpc) is 3.42. The molecule has 0 bridgehead atoms. The predicted molar refractivity (Wildman–Crippen MR) is 114 cm³/mol. The Labute approximate surface area is 181 Å². The van der Waals surface area contributed by atoms with Crippen LogP contribution in [-0.4, -0.2) is 51.3 Å². The van der Waals surface area contributed by atoms with Gasteiger partial charge in [-0.3, -0.25) is 9.69 Å². The Balaban J connectivity index is 1.78. The molecule has 10 heteroatoms. The highest BCUT2D eigenvalue weighted by Gasteiger charge is 2.21. The first-order chi connectivity index (χ1) is 14.8. The second kappa shape index (κ2) is 9.82. The molecule has 1 N–H and O–H groups in total. The second-order valence-corrected chi connectivity index (χ2v) is 9.15. The Kier molecular flexibility index (Phi) is 7.16. The number of nitrogens with zero attached hydrogens (tertiary/aromatic N) is 2. The van der Waals surface area contributed by atoms with E-state index < -0.39 is 10.0 Å². The van der Waals surface area contributed by atoms with Crippen molar-refractivity contribution in [1.29, 1.82) is 0 Å². The molecule has 166 valence electrons. The summed E-state index contributed by atoms with van der Waals surface area (Å²) >= 11 is 0. The van der Waals surface area contributed by atoms with Crippen LogP contribution in [0.5, 0.6) is 5.75 Å². The van der Waals surface area contributed by atoms with Crippen molar-refractivity contribution in [2.45, 2.75) is 18.0 Å². The summed E-state index contributed by atoms with van der Waals surface area (Å²) in [6.07, 6.45) is 3.14. The third-order valence-corrected chi connectivity index (χ3v) is 6.32. The summed E-state index contributed by atoms with van der Waals surface area (Å²) in [6.45, 7) is 0.815. The van der Waals surface area contributed by atoms with Gasteiger partial charge in [-0.2, -0.15) is 0 Å². The van der Waals surface area contributed by atoms with Crippen molar-refractivity contribution in [3.05, 3.63) is 66.5 Å². The van der Waals surface area contributed by atoms with Gasteiger partial charge in [0.2, 0.25) is 15.9 Å². The molecule has 0 spiro atoms. The Hall–Kier alpha value is -3.08. The van der Waals surface area contributed by atoms with E-state index in [0.717, 1.165) is 4.31 Å². The second-order valence-electron chi connectivity index (χ2n) is 7.00. The first-order valence-electron chi connectivity index (χ1n) is 9.47. The smallest absolute Gasteiger partial charge is 0.242 e. The fourth-order valence-corrected chi connectivity index (χ4v) is 3.89. The maximum Gasteiger partial charge on any atom is 0.242 e. The molecular formula is C21H25N3O6S. The van der Waals surface area contributed by atoms with Crippen molar-refractivity contribution in [2.24, 2.45) is 0 Å². The highest BCUT2D eigenvalue weighted by molar-refractivity contribution is 7.89. The maximum absolute atomic E-state index is 12.8. The molecule has 3 rings (SSSR count). The summed E-state index contributed by atoms with van der Waals surface area (Å²) in [7, 11) is 0.676. The fraction of sp³-hybridized carbons (Fsp3) is 0.286. The van der Waals surface area contributed by atoms with Crippen molar-refractivity contribution in [2.75, 3.05) is 33.1 Å². The van der Waals surface area contributed by atoms with E-state index in [2.05, 4.69) is 5.32 Å². The number of carbonyl (C=O) groups excluding carboxylic acids is 1. The summed E-state index contributed by atoms with van der Waals surface area (Å²) in [5.74, 6) is 1.43. The Morgan fingerprint density at radius 3 is 2.13 bits per heavy atom. The van der Waals surface area contributed by atoms with Gasteiger partial charge in [-0.1, -0.05) is 0 Å². The lowest BCUT2D eigenvalue weighted by Crippen LogP contribution is -2.32. The van der Waals surface area contributed by atoms with Crippen LogP contribution in [0, 0.1) is 0 Å². The van der Waals surface area contributed by atoms with Gasteiger partial charge in [-0.05, 0) is 42.5 Å². The summed E-state index contributed by atoms with van der Waals surface area (Å²) in [6, 6.07) is 11.5. The zero-order chi connectivity index (χ0) is 22.4. The molecule has 2 heterocycles. The number of nitrogens with one attached hydrogen (secondary N) is 1. The lowest BCUT2D eigenvalue weighted by molar-refractivity contribution is -0.117. The van der Waals surface area contributed by atoms with E-state index in [1.54, 1.807) is 24.7 Å². The zero-order valence-corrected chi connectivity index (χ0v) is 18.4. The van der Waals surface area contributed by atoms with Gasteiger partial charge in [-0.25, -0.2) is 12.7 Å². The molecule has 0 saturated carbocycles. The maximum atomic E-state index is 12.8. The number of amides is 1. The molecule has 0 radical (unpaired) electrons. The number of methoxy groups -OCH3 is 1. The van der Waals surface area contributed by atoms with Gasteiger partial charge >= 0.3 is 0 Å². The third kappa shape index (κ3) is 5.75. The van der Waals surface area contributed by atoms with E-state index in [4.69, 9.17) is 13.6 Å². The van der Waals surface area contributed by atoms with Gasteiger partial charge in [0.25, 0.3) is 0 Å². The summed E-state index contributed by atoms with van der Waals surface area (Å²) in [5.41, 5.74) is 0.270. The SMILES string of the molecule is COc1ccc(S(=O)(=O)N(C)C)cc1NC(=O)CN(Cc1ccco1)Cc1ccco1. The van der Waals surface area contributed by atoms with E-state index in [1.807, 2.05) is 17.0 Å². The molecule has 1 amide bonds. The summed E-state index contributed by atoms with van der Waals surface area (Å²) in [5, 5.41) is 2.75. The Bertz CT molecular complexity index is 1060. The van der Waals surface area contributed by atoms with Crippen LogP contribution >= 0.6 is 0 Å². The molecule has 0 fully saturated rings. The van der Waals surface area contributed by atoms with Crippen LogP contribution in [0.3, 0.4) is 0 Å². The molecular weight excluding hydrogens is 422 g/mol. The molecule has 0 aliphatic rings. The number of anilines is 1. The number of hydrogen-bond acceptors (Lipinski definition) is 7. The normalized spacial score (nSPS) is 11.8. The van der Waals surface area contributed by atoms with Crippen molar-refractivity contribution in [1.82, 2.24) is 9.21 Å². The van der Waals surface area contributed by atoms with Gasteiger partial charge < -0.3 is 18.9 Å². The monoisotopic (exact) mass is 447 g/mol. The van der Waals surface area contributed by atoms with Crippen LogP contribution < -0.4 is 10.1 Å². The Morgan fingerprint density at radius 2 is 1.65 bits per heavy atom. The molecule has 9 nitrogen and oxygen atoms in total. The molecule has 1 aromatic carbocycles. The average molecular weight is 448 g/mol. The van der Waals surface area contributed by atoms with Crippen LogP contribution in [0.1, 0.15) is 11.5 Å². The van der Waals surface area contributed by atoms with Crippen LogP contribution in [0.2, 0.25) is 0 Å². The quantitative estimate of drug-likeness (QED) is 0.509. The number of furan rings is 2. The highest BCUT2D eigenvalue weighted by atomic mass is 32.2. The minimum absolute atomic E-state index is 0.0230. The molecule has 0 aliphatic carbocycles. The number of benzene rings is 1. The van der Waals surface area contributed by atoms with E-state index in [1.165, 1.54) is 39.4 Å². The standard InChI is InChI=1S/C21H25N3O6S/c1-23(2)31(26,27)18-8-9-20(28-3)19(12-18)22-21(25)15-24(13-16-6-4-10-29-16)14-17-7-5-11-30-17/h4-12H,13-15H2,1-3H3,(H,22,25). The molecule has 0 aliphatic heterocycles. The largest absolute Gasteiger partial charge is 0.495 e. The number of rotatable bonds is 10. The number of hydrogen-bond donors (Lipinski definition) is 1. The molecule has 31 heavy (non-hydrogen) atoms. The third-order valence-electron chi connectivity index (χ3n) is 4.51.